The molecule has 78 heavy (non-hydrogen) atoms. The van der Waals surface area contributed by atoms with E-state index in [4.69, 9.17) is 0 Å². The summed E-state index contributed by atoms with van der Waals surface area (Å²) in [6.07, 6.45) is 0. The molecule has 0 bridgehead atoms. The zero-order valence-electron chi connectivity index (χ0n) is 43.6. The van der Waals surface area contributed by atoms with Crippen LogP contribution in [0.15, 0.2) is 291 Å². The minimum absolute atomic E-state index is 0. The topological polar surface area (TPSA) is 6.48 Å². The van der Waals surface area contributed by atoms with E-state index in [9.17, 15) is 0 Å². The molecule has 0 saturated carbocycles. The zero-order chi connectivity index (χ0) is 52.1. The van der Waals surface area contributed by atoms with Gasteiger partial charge in [-0.1, -0.05) is 218 Å². The van der Waals surface area contributed by atoms with Crippen LogP contribution in [-0.4, -0.2) is 0 Å². The van der Waals surface area contributed by atoms with E-state index in [0.717, 1.165) is 22.7 Å². The Labute approximate surface area is 458 Å². The largest absolute Gasteiger partial charge is 0.310 e. The van der Waals surface area contributed by atoms with E-state index in [0.29, 0.717) is 0 Å². The van der Waals surface area contributed by atoms with Crippen LogP contribution in [0.4, 0.5) is 34.1 Å². The molecule has 0 aliphatic rings. The second kappa shape index (κ2) is 19.6. The average molecular weight is 1000 g/mol. The Morgan fingerprint density at radius 3 is 0.974 bits per heavy atom. The van der Waals surface area contributed by atoms with Crippen LogP contribution in [0.5, 0.6) is 0 Å². The van der Waals surface area contributed by atoms with Crippen LogP contribution in [0.25, 0.3) is 97.7 Å². The third kappa shape index (κ3) is 8.23. The number of hydrogen-bond acceptors (Lipinski definition) is 2. The molecular formula is C76H58N2. The molecule has 0 aliphatic carbocycles. The van der Waals surface area contributed by atoms with Crippen molar-refractivity contribution in [3.05, 3.63) is 302 Å². The fraction of sp³-hybridized carbons (Fsp3) is 0.0263. The minimum Gasteiger partial charge on any atom is -0.310 e. The van der Waals surface area contributed by atoms with Crippen molar-refractivity contribution >= 4 is 110 Å². The number of hydrogen-bond donors (Lipinski definition) is 0. The van der Waals surface area contributed by atoms with E-state index in [2.05, 4.69) is 315 Å². The first-order chi connectivity index (χ1) is 38.5. The molecule has 0 amide bonds. The van der Waals surface area contributed by atoms with Crippen molar-refractivity contribution in [1.29, 1.82) is 0 Å². The molecule has 0 aromatic heterocycles. The molecule has 0 fully saturated rings. The Hall–Kier alpha value is -10.0. The first-order valence-electron chi connectivity index (χ1n) is 27.0. The van der Waals surface area contributed by atoms with Crippen LogP contribution in [0.1, 0.15) is 14.0 Å². The summed E-state index contributed by atoms with van der Waals surface area (Å²) in [7, 11) is 0. The summed E-state index contributed by atoms with van der Waals surface area (Å²) in [6, 6.07) is 106. The summed E-state index contributed by atoms with van der Waals surface area (Å²) in [5, 5.41) is 17.8. The van der Waals surface area contributed by atoms with Crippen molar-refractivity contribution in [2.45, 2.75) is 13.8 Å². The highest BCUT2D eigenvalue weighted by atomic mass is 15.1. The van der Waals surface area contributed by atoms with Gasteiger partial charge in [-0.25, -0.2) is 0 Å². The van der Waals surface area contributed by atoms with Crippen LogP contribution in [-0.2, 0) is 0 Å². The van der Waals surface area contributed by atoms with Crippen molar-refractivity contribution in [3.63, 3.8) is 0 Å². The van der Waals surface area contributed by atoms with E-state index >= 15 is 0 Å². The van der Waals surface area contributed by atoms with Gasteiger partial charge in [0.05, 0.1) is 11.4 Å². The van der Waals surface area contributed by atoms with Crippen LogP contribution < -0.4 is 9.80 Å². The molecule has 0 atom stereocenters. The molecular weight excluding hydrogens is 941 g/mol. The van der Waals surface area contributed by atoms with Gasteiger partial charge in [-0.2, -0.15) is 0 Å². The first kappa shape index (κ1) is 46.5. The highest BCUT2D eigenvalue weighted by molar-refractivity contribution is 6.28. The quantitative estimate of drug-likeness (QED) is 0.111. The third-order valence-corrected chi connectivity index (χ3v) is 15.7. The number of benzene rings is 15. The average Bonchev–Trinajstić information content (AvgIpc) is 3.51. The third-order valence-electron chi connectivity index (χ3n) is 15.7. The Morgan fingerprint density at radius 1 is 0.244 bits per heavy atom. The molecule has 0 heterocycles. The molecule has 15 rings (SSSR count). The van der Waals surface area contributed by atoms with Gasteiger partial charge in [-0.15, -0.1) is 0 Å². The normalized spacial score (nSPS) is 11.5. The lowest BCUT2D eigenvalue weighted by Crippen LogP contribution is -2.11. The second-order valence-corrected chi connectivity index (χ2v) is 20.6. The lowest BCUT2D eigenvalue weighted by Gasteiger charge is -2.29. The fourth-order valence-corrected chi connectivity index (χ4v) is 12.1. The van der Waals surface area contributed by atoms with Gasteiger partial charge in [0.25, 0.3) is 0 Å². The second-order valence-electron chi connectivity index (χ2n) is 20.6. The van der Waals surface area contributed by atoms with Crippen molar-refractivity contribution in [1.82, 2.24) is 0 Å². The van der Waals surface area contributed by atoms with Crippen molar-refractivity contribution in [2.24, 2.45) is 0 Å². The first-order valence-corrected chi connectivity index (χ1v) is 27.0. The Bertz CT molecular complexity index is 4370. The highest BCUT2D eigenvalue weighted by Gasteiger charge is 2.22. The Morgan fingerprint density at radius 2 is 0.577 bits per heavy atom. The standard InChI is InChI=1S/C42H32N2.C34H22.2H2/c1-29-11-9-17-35(27-29)43(33-13-5-3-6-14-33)39-25-21-31-20-24-38-40(26-22-32-19-23-37(39)41(31)42(32)38)44(34-15-7-4-8-16-34)36-18-10-12-30(2)28-36;1-3-11-25-21-27(19-17-23(25)9-1)33-29-13-5-7-15-31(29)34(32-16-8-6-14-30(32)33)28-20-18-24-10-2-4-12-26(24)22-28;;/h3-28H,1-2H3;1-22H;2*1H/i;;1+1;. The Balaban J connectivity index is 0.000000160. The molecule has 0 N–H and O–H groups in total. The van der Waals surface area contributed by atoms with E-state index in [1.54, 1.807) is 0 Å². The van der Waals surface area contributed by atoms with Crippen LogP contribution in [0.2, 0.25) is 0 Å². The zero-order valence-corrected chi connectivity index (χ0v) is 43.6. The number of rotatable bonds is 8. The molecule has 15 aromatic rings. The smallest absolute Gasteiger partial charge is 0.0540 e. The molecule has 0 saturated heterocycles. The number of aryl methyl sites for hydroxylation is 2. The van der Waals surface area contributed by atoms with Gasteiger partial charge < -0.3 is 9.80 Å². The van der Waals surface area contributed by atoms with E-state index in [1.807, 2.05) is 0 Å². The predicted molar refractivity (Wildman–Crippen MR) is 341 cm³/mol. The molecule has 372 valence electrons. The van der Waals surface area contributed by atoms with Crippen LogP contribution in [0, 0.1) is 13.8 Å². The van der Waals surface area contributed by atoms with Gasteiger partial charge >= 0.3 is 0 Å². The van der Waals surface area contributed by atoms with E-state index in [-0.39, 0.29) is 2.85 Å². The molecule has 15 aromatic carbocycles. The molecule has 0 aliphatic heterocycles. The maximum atomic E-state index is 2.39. The van der Waals surface area contributed by atoms with Gasteiger partial charge in [0.2, 0.25) is 0 Å². The number of fused-ring (bicyclic) bond motifs is 4. The molecule has 0 unspecified atom stereocenters. The molecule has 2 heteroatoms. The van der Waals surface area contributed by atoms with Crippen molar-refractivity contribution < 1.29 is 2.85 Å². The number of anilines is 6. The fourth-order valence-electron chi connectivity index (χ4n) is 12.1. The van der Waals surface area contributed by atoms with Gasteiger partial charge in [0.1, 0.15) is 0 Å². The van der Waals surface area contributed by atoms with Crippen molar-refractivity contribution in [2.75, 3.05) is 9.80 Å². The van der Waals surface area contributed by atoms with E-state index in [1.165, 1.54) is 120 Å². The summed E-state index contributed by atoms with van der Waals surface area (Å²) in [5.74, 6) is 0. The summed E-state index contributed by atoms with van der Waals surface area (Å²) in [6.45, 7) is 4.32. The monoisotopic (exact) mass is 999 g/mol. The molecule has 0 radical (unpaired) electrons. The summed E-state index contributed by atoms with van der Waals surface area (Å²) in [4.78, 5) is 4.78. The predicted octanol–water partition coefficient (Wildman–Crippen LogP) is 22.3. The van der Waals surface area contributed by atoms with Crippen molar-refractivity contribution in [3.8, 4) is 22.3 Å². The maximum Gasteiger partial charge on any atom is 0.0540 e. The highest BCUT2D eigenvalue weighted by Crippen LogP contribution is 2.48. The summed E-state index contributed by atoms with van der Waals surface area (Å²) < 4.78 is 0. The Kier molecular flexibility index (Phi) is 11.7. The number of nitrogens with zero attached hydrogens (tertiary/aromatic N) is 2. The minimum atomic E-state index is 0. The molecule has 0 spiro atoms. The maximum absolute atomic E-state index is 2.39. The molecule has 2 nitrogen and oxygen atoms in total. The van der Waals surface area contributed by atoms with Gasteiger partial charge in [0, 0.05) is 36.4 Å². The number of para-hydroxylation sites is 2. The van der Waals surface area contributed by atoms with Crippen LogP contribution in [0.3, 0.4) is 0 Å². The van der Waals surface area contributed by atoms with Gasteiger partial charge in [-0.3, -0.25) is 0 Å². The van der Waals surface area contributed by atoms with Gasteiger partial charge in [0.15, 0.2) is 0 Å². The van der Waals surface area contributed by atoms with E-state index < -0.39 is 0 Å². The van der Waals surface area contributed by atoms with Gasteiger partial charge in [-0.05, 0) is 185 Å². The summed E-state index contributed by atoms with van der Waals surface area (Å²) >= 11 is 0. The lowest BCUT2D eigenvalue weighted by molar-refractivity contribution is 1.28. The SMILES string of the molecule is Cc1cccc(N(c2ccccc2)c2ccc3ccc4c(N(c5ccccc5)c5cccc(C)c5)ccc5ccc2c3c54)c1.[2HH].[HH].c1ccc2cc(-c3c4ccccc4c(-c4ccc5ccccc5c4)c4ccccc34)ccc2c1. The summed E-state index contributed by atoms with van der Waals surface area (Å²) in [5.41, 5.74) is 14.6. The lowest BCUT2D eigenvalue weighted by atomic mass is 9.85. The van der Waals surface area contributed by atoms with Crippen LogP contribution >= 0.6 is 0 Å².